The first-order valence-electron chi connectivity index (χ1n) is 9.16. The Morgan fingerprint density at radius 3 is 2.44 bits per heavy atom. The smallest absolute Gasteiger partial charge is 0.243 e. The highest BCUT2D eigenvalue weighted by Gasteiger charge is 2.36. The van der Waals surface area contributed by atoms with Gasteiger partial charge in [0.25, 0.3) is 0 Å². The van der Waals surface area contributed by atoms with Crippen LogP contribution in [0.25, 0.3) is 0 Å². The Morgan fingerprint density at radius 1 is 1.15 bits per heavy atom. The molecule has 3 N–H and O–H groups in total. The summed E-state index contributed by atoms with van der Waals surface area (Å²) < 4.78 is 32.8. The summed E-state index contributed by atoms with van der Waals surface area (Å²) in [7, 11) is -3.55. The summed E-state index contributed by atoms with van der Waals surface area (Å²) >= 11 is 0. The minimum Gasteiger partial charge on any atom is -0.381 e. The molecule has 0 radical (unpaired) electrons. The van der Waals surface area contributed by atoms with Gasteiger partial charge in [-0.1, -0.05) is 24.6 Å². The fourth-order valence-electron chi connectivity index (χ4n) is 3.46. The zero-order valence-corrected chi connectivity index (χ0v) is 17.0. The van der Waals surface area contributed by atoms with Crippen molar-refractivity contribution in [2.24, 2.45) is 5.73 Å². The number of ether oxygens (including phenoxy) is 1. The van der Waals surface area contributed by atoms with Crippen molar-refractivity contribution in [3.05, 3.63) is 29.8 Å². The van der Waals surface area contributed by atoms with Gasteiger partial charge in [-0.3, -0.25) is 4.79 Å². The predicted octanol–water partition coefficient (Wildman–Crippen LogP) is 1.41. The van der Waals surface area contributed by atoms with Crippen molar-refractivity contribution < 1.29 is 17.9 Å². The molecule has 0 aromatic heterocycles. The Labute approximate surface area is 167 Å². The first kappa shape index (κ1) is 22.1. The molecule has 2 fully saturated rings. The monoisotopic (exact) mass is 417 g/mol. The number of carbonyl (C=O) groups is 1. The molecule has 0 atom stereocenters. The molecule has 9 heteroatoms. The molecule has 0 unspecified atom stereocenters. The van der Waals surface area contributed by atoms with E-state index in [0.717, 1.165) is 19.3 Å². The van der Waals surface area contributed by atoms with Gasteiger partial charge in [0, 0.05) is 32.8 Å². The Morgan fingerprint density at radius 2 is 1.78 bits per heavy atom. The molecule has 0 aliphatic carbocycles. The molecular formula is C18H28ClN3O4S. The topological polar surface area (TPSA) is 102 Å². The molecule has 27 heavy (non-hydrogen) atoms. The van der Waals surface area contributed by atoms with Crippen molar-refractivity contribution in [3.8, 4) is 0 Å². The average molecular weight is 418 g/mol. The van der Waals surface area contributed by atoms with Crippen LogP contribution in [0.15, 0.2) is 29.2 Å². The molecule has 2 saturated heterocycles. The highest BCUT2D eigenvalue weighted by molar-refractivity contribution is 7.89. The van der Waals surface area contributed by atoms with Crippen LogP contribution < -0.4 is 11.1 Å². The number of nitrogens with two attached hydrogens (primary N) is 1. The summed E-state index contributed by atoms with van der Waals surface area (Å²) in [6, 6.07) is 6.84. The Kier molecular flexibility index (Phi) is 7.64. The molecular weight excluding hydrogens is 390 g/mol. The summed E-state index contributed by atoms with van der Waals surface area (Å²) in [6.07, 6.45) is 3.76. The molecule has 3 rings (SSSR count). The predicted molar refractivity (Wildman–Crippen MR) is 105 cm³/mol. The largest absolute Gasteiger partial charge is 0.381 e. The van der Waals surface area contributed by atoms with E-state index in [9.17, 15) is 13.2 Å². The van der Waals surface area contributed by atoms with Crippen LogP contribution in [0.5, 0.6) is 0 Å². The molecule has 7 nitrogen and oxygen atoms in total. The molecule has 0 saturated carbocycles. The fraction of sp³-hybridized carbons (Fsp3) is 0.611. The highest BCUT2D eigenvalue weighted by Crippen LogP contribution is 2.24. The first-order valence-corrected chi connectivity index (χ1v) is 10.6. The molecule has 2 heterocycles. The summed E-state index contributed by atoms with van der Waals surface area (Å²) in [4.78, 5) is 12.8. The highest BCUT2D eigenvalue weighted by atomic mass is 35.5. The van der Waals surface area contributed by atoms with E-state index in [1.54, 1.807) is 28.6 Å². The molecule has 1 aromatic carbocycles. The number of benzene rings is 1. The van der Waals surface area contributed by atoms with Crippen LogP contribution in [0.4, 0.5) is 0 Å². The van der Waals surface area contributed by atoms with E-state index >= 15 is 0 Å². The van der Waals surface area contributed by atoms with Crippen molar-refractivity contribution in [2.45, 2.75) is 49.1 Å². The third-order valence-electron chi connectivity index (χ3n) is 5.18. The average Bonchev–Trinajstić information content (AvgIpc) is 2.67. The number of carbonyl (C=O) groups excluding carboxylic acids is 1. The number of sulfonamides is 1. The minimum atomic E-state index is -3.55. The van der Waals surface area contributed by atoms with Gasteiger partial charge in [0.2, 0.25) is 15.9 Å². The van der Waals surface area contributed by atoms with E-state index in [2.05, 4.69) is 5.32 Å². The van der Waals surface area contributed by atoms with Gasteiger partial charge in [-0.2, -0.15) is 4.31 Å². The number of hydrogen-bond donors (Lipinski definition) is 2. The van der Waals surface area contributed by atoms with E-state index < -0.39 is 15.6 Å². The van der Waals surface area contributed by atoms with E-state index in [-0.39, 0.29) is 29.8 Å². The maximum atomic E-state index is 13.0. The summed E-state index contributed by atoms with van der Waals surface area (Å²) in [6.45, 7) is 2.17. The van der Waals surface area contributed by atoms with Gasteiger partial charge in [-0.15, -0.1) is 12.4 Å². The van der Waals surface area contributed by atoms with Gasteiger partial charge in [0.1, 0.15) is 0 Å². The molecule has 2 aliphatic rings. The van der Waals surface area contributed by atoms with E-state index in [4.69, 9.17) is 10.5 Å². The first-order chi connectivity index (χ1) is 12.4. The quantitative estimate of drug-likeness (QED) is 0.754. The number of rotatable bonds is 5. The van der Waals surface area contributed by atoms with Crippen LogP contribution in [-0.4, -0.2) is 50.5 Å². The van der Waals surface area contributed by atoms with E-state index in [1.165, 1.54) is 0 Å². The number of halogens is 1. The van der Waals surface area contributed by atoms with Crippen LogP contribution in [0.3, 0.4) is 0 Å². The Balaban J connectivity index is 0.00000261. The number of piperidine rings is 1. The van der Waals surface area contributed by atoms with Crippen LogP contribution in [0.1, 0.15) is 37.7 Å². The molecule has 1 amide bonds. The molecule has 2 aliphatic heterocycles. The maximum Gasteiger partial charge on any atom is 0.243 e. The van der Waals surface area contributed by atoms with Gasteiger partial charge in [0.05, 0.1) is 10.4 Å². The van der Waals surface area contributed by atoms with Crippen LogP contribution in [0, 0.1) is 0 Å². The van der Waals surface area contributed by atoms with Gasteiger partial charge in [0.15, 0.2) is 0 Å². The second-order valence-electron chi connectivity index (χ2n) is 7.02. The second kappa shape index (κ2) is 9.34. The third kappa shape index (κ3) is 5.00. The lowest BCUT2D eigenvalue weighted by Gasteiger charge is -2.32. The van der Waals surface area contributed by atoms with Crippen molar-refractivity contribution in [1.82, 2.24) is 9.62 Å². The van der Waals surface area contributed by atoms with Crippen molar-refractivity contribution >= 4 is 28.3 Å². The standard InChI is InChI=1S/C18H27N3O4S.ClH/c19-18(8-12-25-13-9-18)17(22)20-14-15-6-2-3-7-16(15)26(23,24)21-10-4-1-5-11-21;/h2-3,6-7H,1,4-5,8-14,19H2,(H,20,22);1H. The zero-order chi connectivity index (χ0) is 18.6. The SMILES string of the molecule is Cl.NC1(C(=O)NCc2ccccc2S(=O)(=O)N2CCCCC2)CCOCC1. The van der Waals surface area contributed by atoms with Gasteiger partial charge in [-0.25, -0.2) is 8.42 Å². The second-order valence-corrected chi connectivity index (χ2v) is 8.93. The normalized spacial score (nSPS) is 20.5. The maximum absolute atomic E-state index is 13.0. The fourth-order valence-corrected chi connectivity index (χ4v) is 5.20. The molecule has 152 valence electrons. The van der Waals surface area contributed by atoms with Crippen LogP contribution in [0.2, 0.25) is 0 Å². The Bertz CT molecular complexity index is 745. The van der Waals surface area contributed by atoms with Crippen LogP contribution in [-0.2, 0) is 26.1 Å². The summed E-state index contributed by atoms with van der Waals surface area (Å²) in [5.41, 5.74) is 5.83. The lowest BCUT2D eigenvalue weighted by molar-refractivity contribution is -0.129. The van der Waals surface area contributed by atoms with Crippen molar-refractivity contribution in [3.63, 3.8) is 0 Å². The van der Waals surface area contributed by atoms with E-state index in [0.29, 0.717) is 44.7 Å². The van der Waals surface area contributed by atoms with Crippen LogP contribution >= 0.6 is 12.4 Å². The van der Waals surface area contributed by atoms with Crippen molar-refractivity contribution in [1.29, 1.82) is 0 Å². The third-order valence-corrected chi connectivity index (χ3v) is 7.18. The number of hydrogen-bond acceptors (Lipinski definition) is 5. The summed E-state index contributed by atoms with van der Waals surface area (Å²) in [5.74, 6) is -0.258. The van der Waals surface area contributed by atoms with Gasteiger partial charge < -0.3 is 15.8 Å². The van der Waals surface area contributed by atoms with Gasteiger partial charge in [-0.05, 0) is 37.3 Å². The molecule has 0 bridgehead atoms. The number of nitrogens with one attached hydrogen (secondary N) is 1. The summed E-state index contributed by atoms with van der Waals surface area (Å²) in [5, 5.41) is 2.82. The number of amides is 1. The van der Waals surface area contributed by atoms with Crippen molar-refractivity contribution in [2.75, 3.05) is 26.3 Å². The number of nitrogens with zero attached hydrogens (tertiary/aromatic N) is 1. The lowest BCUT2D eigenvalue weighted by Crippen LogP contribution is -2.56. The molecule has 1 aromatic rings. The zero-order valence-electron chi connectivity index (χ0n) is 15.4. The van der Waals surface area contributed by atoms with Gasteiger partial charge >= 0.3 is 0 Å². The lowest BCUT2D eigenvalue weighted by atomic mass is 9.90. The molecule has 0 spiro atoms. The Hall–Kier alpha value is -1.19. The van der Waals surface area contributed by atoms with E-state index in [1.807, 2.05) is 0 Å². The minimum absolute atomic E-state index is 0.